The number of nitrogens with two attached hydrogens (primary N) is 1. The third-order valence-electron chi connectivity index (χ3n) is 11.0. The SMILES string of the molecule is COc1cc(C(=O)N2CC3CCC2[C@@H]3N)cc2nc(-c3cc4ccc(-c5ccc(N6CCCS6(=O)=O)cc5)nc4n3CC3CC3)n(C)c12. The summed E-state index contributed by atoms with van der Waals surface area (Å²) in [6, 6.07) is 17.8. The van der Waals surface area contributed by atoms with Gasteiger partial charge in [0, 0.05) is 55.3 Å². The molecule has 9 rings (SSSR count). The lowest BCUT2D eigenvalue weighted by Gasteiger charge is -2.27. The molecule has 5 heterocycles. The average Bonchev–Trinajstić information content (AvgIpc) is 3.28. The van der Waals surface area contributed by atoms with E-state index in [0.717, 1.165) is 58.7 Å². The zero-order valence-electron chi connectivity index (χ0n) is 27.2. The number of imidazole rings is 1. The number of rotatable bonds is 7. The number of carbonyl (C=O) groups excluding carboxylic acids is 1. The largest absolute Gasteiger partial charge is 0.494 e. The van der Waals surface area contributed by atoms with Gasteiger partial charge in [0.05, 0.1) is 35.5 Å². The Labute approximate surface area is 279 Å². The first-order valence-corrected chi connectivity index (χ1v) is 18.5. The summed E-state index contributed by atoms with van der Waals surface area (Å²) in [5, 5.41) is 1.02. The first kappa shape index (κ1) is 29.7. The summed E-state index contributed by atoms with van der Waals surface area (Å²) in [6.45, 7) is 2.06. The Morgan fingerprint density at radius 1 is 1.02 bits per heavy atom. The second-order valence-corrected chi connectivity index (χ2v) is 16.0. The predicted octanol–water partition coefficient (Wildman–Crippen LogP) is 4.78. The van der Waals surface area contributed by atoms with E-state index in [1.165, 1.54) is 17.1 Å². The Morgan fingerprint density at radius 3 is 2.50 bits per heavy atom. The fourth-order valence-electron chi connectivity index (χ4n) is 8.21. The first-order valence-electron chi connectivity index (χ1n) is 16.9. The third-order valence-corrected chi connectivity index (χ3v) is 12.8. The van der Waals surface area contributed by atoms with Gasteiger partial charge in [0.1, 0.15) is 16.9 Å². The van der Waals surface area contributed by atoms with E-state index in [9.17, 15) is 13.2 Å². The highest BCUT2D eigenvalue weighted by Crippen LogP contribution is 2.40. The molecule has 1 amide bonds. The van der Waals surface area contributed by atoms with Crippen molar-refractivity contribution in [1.29, 1.82) is 0 Å². The van der Waals surface area contributed by atoms with Gasteiger partial charge >= 0.3 is 0 Å². The van der Waals surface area contributed by atoms with E-state index < -0.39 is 10.0 Å². The van der Waals surface area contributed by atoms with E-state index in [0.29, 0.717) is 53.9 Å². The van der Waals surface area contributed by atoms with Crippen LogP contribution in [-0.4, -0.2) is 76.4 Å². The Kier molecular flexibility index (Phi) is 6.68. The lowest BCUT2D eigenvalue weighted by Crippen LogP contribution is -2.41. The van der Waals surface area contributed by atoms with Gasteiger partial charge in [0.2, 0.25) is 10.0 Å². The smallest absolute Gasteiger partial charge is 0.254 e. The summed E-state index contributed by atoms with van der Waals surface area (Å²) in [6.07, 6.45) is 5.06. The minimum Gasteiger partial charge on any atom is -0.494 e. The molecule has 0 radical (unpaired) electrons. The van der Waals surface area contributed by atoms with Gasteiger partial charge in [-0.2, -0.15) is 0 Å². The number of hydrogen-bond acceptors (Lipinski definition) is 7. The monoisotopic (exact) mass is 665 g/mol. The van der Waals surface area contributed by atoms with E-state index >= 15 is 0 Å². The zero-order valence-corrected chi connectivity index (χ0v) is 28.0. The summed E-state index contributed by atoms with van der Waals surface area (Å²) in [5.74, 6) is 2.54. The van der Waals surface area contributed by atoms with Crippen molar-refractivity contribution in [2.45, 2.75) is 50.7 Å². The van der Waals surface area contributed by atoms with E-state index in [4.69, 9.17) is 20.4 Å². The topological polar surface area (TPSA) is 129 Å². The molecule has 48 heavy (non-hydrogen) atoms. The fourth-order valence-corrected chi connectivity index (χ4v) is 9.78. The highest BCUT2D eigenvalue weighted by molar-refractivity contribution is 7.93. The molecule has 2 aliphatic carbocycles. The summed E-state index contributed by atoms with van der Waals surface area (Å²) in [7, 11) is 0.389. The number of sulfonamides is 1. The number of ether oxygens (including phenoxy) is 1. The minimum absolute atomic E-state index is 0.0142. The van der Waals surface area contributed by atoms with Gasteiger partial charge in [-0.05, 0) is 86.4 Å². The van der Waals surface area contributed by atoms with Gasteiger partial charge in [-0.15, -0.1) is 0 Å². The van der Waals surface area contributed by atoms with Crippen LogP contribution >= 0.6 is 0 Å². The maximum atomic E-state index is 13.8. The van der Waals surface area contributed by atoms with Crippen molar-refractivity contribution >= 4 is 43.7 Å². The normalized spacial score (nSPS) is 23.2. The van der Waals surface area contributed by atoms with E-state index in [2.05, 4.69) is 21.3 Å². The van der Waals surface area contributed by atoms with Crippen molar-refractivity contribution in [2.75, 3.05) is 30.3 Å². The van der Waals surface area contributed by atoms with Crippen LogP contribution in [0.2, 0.25) is 0 Å². The molecule has 5 aromatic rings. The number of likely N-dealkylation sites (tertiary alicyclic amines) is 1. The molecule has 4 fully saturated rings. The highest BCUT2D eigenvalue weighted by atomic mass is 32.2. The fraction of sp³-hybridized carbons (Fsp3) is 0.417. The van der Waals surface area contributed by atoms with Gasteiger partial charge in [0.15, 0.2) is 5.82 Å². The number of methoxy groups -OCH3 is 1. The van der Waals surface area contributed by atoms with Crippen LogP contribution in [0.3, 0.4) is 0 Å². The standard InChI is InChI=1S/C36H39N7O4S/c1-40-33-28(16-25(18-31(33)47-2)36(44)42-20-24-9-13-29(42)32(24)37)39-35(40)30-17-23-8-12-27(38-34(23)41(30)19-21-4-5-21)22-6-10-26(11-7-22)43-14-3-15-48(43,45)46/h6-8,10-12,16-18,21,24,29,32H,3-5,9,13-15,19-20,37H2,1-2H3/t24?,29?,32-/m1/s1. The molecule has 3 aromatic heterocycles. The molecule has 2 aromatic carbocycles. The summed E-state index contributed by atoms with van der Waals surface area (Å²) < 4.78 is 36.6. The zero-order chi connectivity index (χ0) is 32.9. The molecule has 2 saturated heterocycles. The summed E-state index contributed by atoms with van der Waals surface area (Å²) in [5.41, 5.74) is 12.8. The number of hydrogen-bond donors (Lipinski definition) is 1. The van der Waals surface area contributed by atoms with Gasteiger partial charge in [-0.3, -0.25) is 9.10 Å². The molecule has 11 nitrogen and oxygen atoms in total. The van der Waals surface area contributed by atoms with Gasteiger partial charge in [-0.1, -0.05) is 12.1 Å². The van der Waals surface area contributed by atoms with Gasteiger partial charge in [0.25, 0.3) is 5.91 Å². The van der Waals surface area contributed by atoms with Crippen molar-refractivity contribution in [3.63, 3.8) is 0 Å². The number of aryl methyl sites for hydroxylation is 1. The molecule has 0 spiro atoms. The molecule has 248 valence electrons. The molecule has 4 aliphatic rings. The van der Waals surface area contributed by atoms with Crippen LogP contribution in [0, 0.1) is 11.8 Å². The van der Waals surface area contributed by atoms with Crippen LogP contribution in [0.4, 0.5) is 5.69 Å². The Morgan fingerprint density at radius 2 is 1.83 bits per heavy atom. The van der Waals surface area contributed by atoms with Crippen LogP contribution in [0.1, 0.15) is 42.5 Å². The summed E-state index contributed by atoms with van der Waals surface area (Å²) in [4.78, 5) is 26.0. The molecule has 2 N–H and O–H groups in total. The molecule has 2 aliphatic heterocycles. The molecule has 2 saturated carbocycles. The number of piperidine rings is 1. The van der Waals surface area contributed by atoms with E-state index in [-0.39, 0.29) is 23.7 Å². The number of nitrogens with zero attached hydrogens (tertiary/aromatic N) is 6. The Balaban J connectivity index is 1.10. The average molecular weight is 666 g/mol. The number of fused-ring (bicyclic) bond motifs is 4. The lowest BCUT2D eigenvalue weighted by atomic mass is 10.1. The van der Waals surface area contributed by atoms with Crippen LogP contribution < -0.4 is 14.8 Å². The minimum atomic E-state index is -3.24. The Bertz CT molecular complexity index is 2220. The number of amides is 1. The van der Waals surface area contributed by atoms with E-state index in [1.54, 1.807) is 7.11 Å². The second-order valence-electron chi connectivity index (χ2n) is 14.0. The van der Waals surface area contributed by atoms with Gasteiger partial charge in [-0.25, -0.2) is 18.4 Å². The molecular formula is C36H39N7O4S. The van der Waals surface area contributed by atoms with Crippen LogP contribution in [0.15, 0.2) is 54.6 Å². The molecule has 3 atom stereocenters. The predicted molar refractivity (Wildman–Crippen MR) is 185 cm³/mol. The number of benzene rings is 2. The second kappa shape index (κ2) is 10.8. The Hall–Kier alpha value is -4.42. The van der Waals surface area contributed by atoms with Gasteiger partial charge < -0.3 is 24.5 Å². The van der Waals surface area contributed by atoms with Crippen molar-refractivity contribution in [2.24, 2.45) is 24.6 Å². The number of aromatic nitrogens is 4. The van der Waals surface area contributed by atoms with Crippen LogP contribution in [0.25, 0.3) is 44.8 Å². The highest BCUT2D eigenvalue weighted by Gasteiger charge is 2.47. The lowest BCUT2D eigenvalue weighted by molar-refractivity contribution is 0.0700. The molecular weight excluding hydrogens is 627 g/mol. The number of carbonyl (C=O) groups is 1. The maximum Gasteiger partial charge on any atom is 0.254 e. The van der Waals surface area contributed by atoms with Crippen LogP contribution in [0.5, 0.6) is 5.75 Å². The third kappa shape index (κ3) is 4.63. The quantitative estimate of drug-likeness (QED) is 0.265. The molecule has 2 bridgehead atoms. The maximum absolute atomic E-state index is 13.8. The number of pyridine rings is 1. The summed E-state index contributed by atoms with van der Waals surface area (Å²) >= 11 is 0. The van der Waals surface area contributed by atoms with Crippen molar-refractivity contribution in [1.82, 2.24) is 24.0 Å². The number of anilines is 1. The van der Waals surface area contributed by atoms with Crippen molar-refractivity contribution in [3.8, 4) is 28.5 Å². The van der Waals surface area contributed by atoms with Crippen molar-refractivity contribution < 1.29 is 17.9 Å². The molecule has 2 unspecified atom stereocenters. The first-order chi connectivity index (χ1) is 23.2. The molecule has 12 heteroatoms. The van der Waals surface area contributed by atoms with E-state index in [1.807, 2.05) is 54.4 Å². The van der Waals surface area contributed by atoms with Crippen LogP contribution in [-0.2, 0) is 23.6 Å². The van der Waals surface area contributed by atoms with Crippen molar-refractivity contribution in [3.05, 3.63) is 60.2 Å².